The number of anilines is 1. The second kappa shape index (κ2) is 10.3. The van der Waals surface area contributed by atoms with Gasteiger partial charge in [-0.15, -0.1) is 0 Å². The van der Waals surface area contributed by atoms with E-state index < -0.39 is 10.0 Å². The van der Waals surface area contributed by atoms with Crippen molar-refractivity contribution in [1.29, 1.82) is 0 Å². The highest BCUT2D eigenvalue weighted by molar-refractivity contribution is 7.89. The number of halogens is 2. The van der Waals surface area contributed by atoms with Crippen molar-refractivity contribution in [1.82, 2.24) is 23.9 Å². The van der Waals surface area contributed by atoms with Gasteiger partial charge < -0.3 is 14.4 Å². The van der Waals surface area contributed by atoms with Gasteiger partial charge in [0.15, 0.2) is 11.5 Å². The number of rotatable bonds is 6. The lowest BCUT2D eigenvalue weighted by Crippen LogP contribution is -2.36. The van der Waals surface area contributed by atoms with E-state index in [4.69, 9.17) is 32.7 Å². The molecule has 10 nitrogen and oxygen atoms in total. The van der Waals surface area contributed by atoms with Crippen LogP contribution in [-0.4, -0.2) is 72.7 Å². The lowest BCUT2D eigenvalue weighted by Gasteiger charge is -2.26. The first-order valence-corrected chi connectivity index (χ1v) is 13.6. The smallest absolute Gasteiger partial charge is 0.254 e. The molecule has 0 bridgehead atoms. The minimum Gasteiger partial charge on any atom is -0.493 e. The Balaban J connectivity index is 1.52. The third-order valence-corrected chi connectivity index (χ3v) is 9.14. The van der Waals surface area contributed by atoms with Gasteiger partial charge in [-0.3, -0.25) is 0 Å². The van der Waals surface area contributed by atoms with E-state index in [0.717, 1.165) is 16.9 Å². The maximum absolute atomic E-state index is 13.4. The number of nitrogens with zero attached hydrogens (tertiary/aromatic N) is 6. The number of aromatic nitrogens is 4. The zero-order valence-electron chi connectivity index (χ0n) is 20.1. The summed E-state index contributed by atoms with van der Waals surface area (Å²) in [5.41, 5.74) is 1.64. The first-order valence-electron chi connectivity index (χ1n) is 11.5. The van der Waals surface area contributed by atoms with Crippen molar-refractivity contribution in [3.8, 4) is 22.6 Å². The molecule has 0 amide bonds. The quantitative estimate of drug-likeness (QED) is 0.347. The summed E-state index contributed by atoms with van der Waals surface area (Å²) in [5.74, 6) is 2.39. The molecule has 0 unspecified atom stereocenters. The molecule has 0 spiro atoms. The standard InChI is InChI=1S/C24H24Cl2N6O4S/c1-35-19-8-7-16(13-20(19)36-2)17-14-27-24-28-15-29-32(24)23(17)30-9-4-10-31(12-11-30)37(33,34)21-6-3-5-18(25)22(21)26/h3,5-8,13-15H,4,9-12H2,1-2H3. The number of benzene rings is 2. The Morgan fingerprint density at radius 2 is 1.76 bits per heavy atom. The van der Waals surface area contributed by atoms with Gasteiger partial charge in [0.05, 0.1) is 24.3 Å². The van der Waals surface area contributed by atoms with Crippen molar-refractivity contribution in [2.45, 2.75) is 11.3 Å². The SMILES string of the molecule is COc1ccc(-c2cnc3ncnn3c2N2CCCN(S(=O)(=O)c3cccc(Cl)c3Cl)CC2)cc1OC. The number of hydrogen-bond donors (Lipinski definition) is 0. The largest absolute Gasteiger partial charge is 0.493 e. The van der Waals surface area contributed by atoms with Gasteiger partial charge in [0.25, 0.3) is 5.78 Å². The highest BCUT2D eigenvalue weighted by Gasteiger charge is 2.31. The van der Waals surface area contributed by atoms with Gasteiger partial charge in [-0.05, 0) is 36.2 Å². The van der Waals surface area contributed by atoms with Crippen LogP contribution >= 0.6 is 23.2 Å². The van der Waals surface area contributed by atoms with Crippen LogP contribution in [0, 0.1) is 0 Å². The molecule has 1 fully saturated rings. The fraction of sp³-hybridized carbons (Fsp3) is 0.292. The van der Waals surface area contributed by atoms with Crippen molar-refractivity contribution in [3.63, 3.8) is 0 Å². The van der Waals surface area contributed by atoms with Gasteiger partial charge in [-0.2, -0.15) is 18.9 Å². The van der Waals surface area contributed by atoms with Crippen molar-refractivity contribution in [2.75, 3.05) is 45.3 Å². The van der Waals surface area contributed by atoms with Gasteiger partial charge in [-0.1, -0.05) is 35.3 Å². The molecule has 1 saturated heterocycles. The number of methoxy groups -OCH3 is 2. The molecule has 0 N–H and O–H groups in total. The predicted molar refractivity (Wildman–Crippen MR) is 141 cm³/mol. The monoisotopic (exact) mass is 562 g/mol. The molecule has 1 aliphatic heterocycles. The van der Waals surface area contributed by atoms with Gasteiger partial charge in [0.2, 0.25) is 10.0 Å². The second-order valence-electron chi connectivity index (χ2n) is 8.33. The molecule has 4 aromatic rings. The minimum atomic E-state index is -3.84. The molecule has 2 aromatic heterocycles. The number of fused-ring (bicyclic) bond motifs is 1. The van der Waals surface area contributed by atoms with Crippen LogP contribution in [0.15, 0.2) is 53.8 Å². The van der Waals surface area contributed by atoms with Crippen molar-refractivity contribution in [2.24, 2.45) is 0 Å². The molecule has 194 valence electrons. The molecule has 0 aliphatic carbocycles. The normalized spacial score (nSPS) is 15.1. The van der Waals surface area contributed by atoms with Crippen LogP contribution in [0.2, 0.25) is 10.0 Å². The first kappa shape index (κ1) is 25.5. The fourth-order valence-electron chi connectivity index (χ4n) is 4.45. The third-order valence-electron chi connectivity index (χ3n) is 6.26. The Kier molecular flexibility index (Phi) is 7.13. The highest BCUT2D eigenvalue weighted by atomic mass is 35.5. The van der Waals surface area contributed by atoms with E-state index in [9.17, 15) is 8.42 Å². The molecule has 2 aromatic carbocycles. The molecular formula is C24H24Cl2N6O4S. The molecule has 0 saturated carbocycles. The topological polar surface area (TPSA) is 102 Å². The van der Waals surface area contributed by atoms with Crippen LogP contribution in [0.4, 0.5) is 5.82 Å². The number of sulfonamides is 1. The molecule has 5 rings (SSSR count). The summed E-state index contributed by atoms with van der Waals surface area (Å²) in [6, 6.07) is 10.2. The summed E-state index contributed by atoms with van der Waals surface area (Å²) < 4.78 is 40.9. The Morgan fingerprint density at radius 1 is 0.946 bits per heavy atom. The summed E-state index contributed by atoms with van der Waals surface area (Å²) in [4.78, 5) is 10.8. The van der Waals surface area contributed by atoms with Crippen LogP contribution in [0.3, 0.4) is 0 Å². The Hall–Kier alpha value is -3.12. The second-order valence-corrected chi connectivity index (χ2v) is 11.0. The Morgan fingerprint density at radius 3 is 2.54 bits per heavy atom. The molecular weight excluding hydrogens is 539 g/mol. The molecule has 13 heteroatoms. The predicted octanol–water partition coefficient (Wildman–Crippen LogP) is 4.02. The van der Waals surface area contributed by atoms with Crippen molar-refractivity contribution >= 4 is 44.8 Å². The van der Waals surface area contributed by atoms with Gasteiger partial charge >= 0.3 is 0 Å². The van der Waals surface area contributed by atoms with E-state index >= 15 is 0 Å². The lowest BCUT2D eigenvalue weighted by molar-refractivity contribution is 0.355. The van der Waals surface area contributed by atoms with E-state index in [0.29, 0.717) is 43.3 Å². The Bertz CT molecular complexity index is 1560. The van der Waals surface area contributed by atoms with Crippen LogP contribution in [0.25, 0.3) is 16.9 Å². The molecule has 0 radical (unpaired) electrons. The van der Waals surface area contributed by atoms with Crippen molar-refractivity contribution < 1.29 is 17.9 Å². The maximum atomic E-state index is 13.4. The molecule has 1 aliphatic rings. The van der Waals surface area contributed by atoms with Gasteiger partial charge in [-0.25, -0.2) is 13.4 Å². The molecule has 3 heterocycles. The van der Waals surface area contributed by atoms with Gasteiger partial charge in [0, 0.05) is 37.9 Å². The summed E-state index contributed by atoms with van der Waals surface area (Å²) in [6.07, 6.45) is 3.77. The van der Waals surface area contributed by atoms with E-state index in [2.05, 4.69) is 20.0 Å². The summed E-state index contributed by atoms with van der Waals surface area (Å²) >= 11 is 12.4. The zero-order valence-corrected chi connectivity index (χ0v) is 22.5. The van der Waals surface area contributed by atoms with Crippen molar-refractivity contribution in [3.05, 3.63) is 59.0 Å². The lowest BCUT2D eigenvalue weighted by atomic mass is 10.1. The summed E-state index contributed by atoms with van der Waals surface area (Å²) in [6.45, 7) is 1.58. The Labute approximate surface area is 224 Å². The molecule has 0 atom stereocenters. The van der Waals surface area contributed by atoms with Gasteiger partial charge in [0.1, 0.15) is 17.0 Å². The van der Waals surface area contributed by atoms with E-state index in [1.54, 1.807) is 37.1 Å². The number of ether oxygens (including phenoxy) is 2. The van der Waals surface area contributed by atoms with Crippen LogP contribution in [-0.2, 0) is 10.0 Å². The average Bonchev–Trinajstić information content (AvgIpc) is 3.25. The zero-order chi connectivity index (χ0) is 26.2. The summed E-state index contributed by atoms with van der Waals surface area (Å²) in [5, 5.41) is 4.63. The number of hydrogen-bond acceptors (Lipinski definition) is 8. The average molecular weight is 563 g/mol. The minimum absolute atomic E-state index is 0.00344. The first-order chi connectivity index (χ1) is 17.8. The van der Waals surface area contributed by atoms with E-state index in [1.807, 2.05) is 18.2 Å². The maximum Gasteiger partial charge on any atom is 0.254 e. The van der Waals surface area contributed by atoms with E-state index in [-0.39, 0.29) is 21.5 Å². The van der Waals surface area contributed by atoms with Crippen LogP contribution in [0.1, 0.15) is 6.42 Å². The van der Waals surface area contributed by atoms with E-state index in [1.165, 1.54) is 16.7 Å². The van der Waals surface area contributed by atoms with Crippen LogP contribution in [0.5, 0.6) is 11.5 Å². The fourth-order valence-corrected chi connectivity index (χ4v) is 6.65. The third kappa shape index (κ3) is 4.68. The highest BCUT2D eigenvalue weighted by Crippen LogP contribution is 2.37. The van der Waals surface area contributed by atoms with Crippen LogP contribution < -0.4 is 14.4 Å². The summed E-state index contributed by atoms with van der Waals surface area (Å²) in [7, 11) is -0.678. The molecule has 37 heavy (non-hydrogen) atoms.